The van der Waals surface area contributed by atoms with E-state index in [1.807, 2.05) is 0 Å². The van der Waals surface area contributed by atoms with Crippen LogP contribution in [0.15, 0.2) is 10.5 Å². The molecule has 1 aromatic rings. The molecule has 1 aliphatic rings. The minimum atomic E-state index is -1.18. The summed E-state index contributed by atoms with van der Waals surface area (Å²) in [6.45, 7) is 0.834. The van der Waals surface area contributed by atoms with Gasteiger partial charge in [-0.25, -0.2) is 4.39 Å². The monoisotopic (exact) mass is 291 g/mol. The summed E-state index contributed by atoms with van der Waals surface area (Å²) in [7, 11) is 0. The maximum Gasteiger partial charge on any atom is 0.201 e. The highest BCUT2D eigenvalue weighted by atomic mass is 79.9. The van der Waals surface area contributed by atoms with E-state index in [2.05, 4.69) is 21.2 Å². The Balaban J connectivity index is 2.40. The van der Waals surface area contributed by atoms with Crippen molar-refractivity contribution < 1.29 is 13.9 Å². The van der Waals surface area contributed by atoms with E-state index in [0.29, 0.717) is 5.56 Å². The normalized spacial score (nSPS) is 21.1. The highest BCUT2D eigenvalue weighted by Crippen LogP contribution is 2.36. The van der Waals surface area contributed by atoms with E-state index in [9.17, 15) is 13.9 Å². The largest absolute Gasteiger partial charge is 0.505 e. The van der Waals surface area contributed by atoms with Gasteiger partial charge in [0.25, 0.3) is 0 Å². The quantitative estimate of drug-likeness (QED) is 0.779. The molecule has 0 saturated carbocycles. The van der Waals surface area contributed by atoms with Crippen LogP contribution in [0.3, 0.4) is 0 Å². The molecule has 0 spiro atoms. The van der Waals surface area contributed by atoms with Crippen LogP contribution >= 0.6 is 15.9 Å². The minimum absolute atomic E-state index is 0.0465. The average molecular weight is 292 g/mol. The zero-order valence-corrected chi connectivity index (χ0v) is 10.2. The highest BCUT2D eigenvalue weighted by Gasteiger charge is 2.23. The third-order valence-electron chi connectivity index (χ3n) is 2.85. The van der Waals surface area contributed by atoms with Gasteiger partial charge in [-0.1, -0.05) is 6.42 Å². The molecule has 1 fully saturated rings. The second-order valence-corrected chi connectivity index (χ2v) is 4.78. The lowest BCUT2D eigenvalue weighted by Gasteiger charge is -2.24. The van der Waals surface area contributed by atoms with Gasteiger partial charge in [-0.2, -0.15) is 4.39 Å². The number of aromatic hydroxyl groups is 1. The van der Waals surface area contributed by atoms with Crippen molar-refractivity contribution in [3.05, 3.63) is 27.7 Å². The summed E-state index contributed by atoms with van der Waals surface area (Å²) in [4.78, 5) is 0. The number of benzene rings is 1. The van der Waals surface area contributed by atoms with Gasteiger partial charge < -0.3 is 10.4 Å². The van der Waals surface area contributed by atoms with E-state index < -0.39 is 17.4 Å². The summed E-state index contributed by atoms with van der Waals surface area (Å²) in [6, 6.07) is 1.34. The van der Waals surface area contributed by atoms with Crippen LogP contribution in [0.2, 0.25) is 0 Å². The Morgan fingerprint density at radius 2 is 2.06 bits per heavy atom. The fraction of sp³-hybridized carbons (Fsp3) is 0.455. The molecule has 2 rings (SSSR count). The van der Waals surface area contributed by atoms with E-state index in [1.165, 1.54) is 6.07 Å². The predicted molar refractivity (Wildman–Crippen MR) is 60.3 cm³/mol. The zero-order chi connectivity index (χ0) is 11.7. The van der Waals surface area contributed by atoms with Crippen LogP contribution in [0.1, 0.15) is 30.9 Å². The SMILES string of the molecule is Oc1c([C@@H]2CCCCN2)cc(Br)c(F)c1F. The van der Waals surface area contributed by atoms with Crippen LogP contribution in [0.5, 0.6) is 5.75 Å². The number of halogens is 3. The molecule has 2 nitrogen and oxygen atoms in total. The van der Waals surface area contributed by atoms with Crippen molar-refractivity contribution in [3.63, 3.8) is 0 Å². The van der Waals surface area contributed by atoms with Crippen molar-refractivity contribution in [2.75, 3.05) is 6.54 Å². The molecule has 0 radical (unpaired) electrons. The first-order valence-electron chi connectivity index (χ1n) is 5.21. The third kappa shape index (κ3) is 2.06. The summed E-state index contributed by atoms with van der Waals surface area (Å²) in [5.41, 5.74) is 0.422. The van der Waals surface area contributed by atoms with Gasteiger partial charge in [0.1, 0.15) is 0 Å². The summed E-state index contributed by atoms with van der Waals surface area (Å²) in [5.74, 6) is -2.81. The lowest BCUT2D eigenvalue weighted by Crippen LogP contribution is -2.27. The second-order valence-electron chi connectivity index (χ2n) is 3.93. The molecule has 1 aliphatic heterocycles. The fourth-order valence-corrected chi connectivity index (χ4v) is 2.41. The topological polar surface area (TPSA) is 32.3 Å². The third-order valence-corrected chi connectivity index (χ3v) is 3.43. The minimum Gasteiger partial charge on any atom is -0.505 e. The van der Waals surface area contributed by atoms with E-state index in [-0.39, 0.29) is 10.5 Å². The number of piperidine rings is 1. The predicted octanol–water partition coefficient (Wildman–Crippen LogP) is 3.25. The molecule has 0 aliphatic carbocycles. The standard InChI is InChI=1S/C11H12BrF2NO/c12-7-5-6(8-3-1-2-4-15-8)11(16)10(14)9(7)13/h5,8,15-16H,1-4H2/t8-/m0/s1. The number of hydrogen-bond acceptors (Lipinski definition) is 2. The maximum atomic E-state index is 13.3. The maximum absolute atomic E-state index is 13.3. The molecule has 1 aromatic carbocycles. The van der Waals surface area contributed by atoms with Gasteiger partial charge in [-0.05, 0) is 41.4 Å². The summed E-state index contributed by atoms with van der Waals surface area (Å²) >= 11 is 2.94. The average Bonchev–Trinajstić information content (AvgIpc) is 2.32. The number of nitrogens with one attached hydrogen (secondary N) is 1. The molecule has 16 heavy (non-hydrogen) atoms. The number of phenolic OH excluding ortho intramolecular Hbond substituents is 1. The highest BCUT2D eigenvalue weighted by molar-refractivity contribution is 9.10. The Labute approximate surface area is 101 Å². The van der Waals surface area contributed by atoms with Crippen molar-refractivity contribution in [1.29, 1.82) is 0 Å². The molecular weight excluding hydrogens is 280 g/mol. The van der Waals surface area contributed by atoms with Gasteiger partial charge in [0.2, 0.25) is 5.82 Å². The molecule has 5 heteroatoms. The van der Waals surface area contributed by atoms with E-state index in [1.54, 1.807) is 0 Å². The van der Waals surface area contributed by atoms with Crippen molar-refractivity contribution in [2.24, 2.45) is 0 Å². The van der Waals surface area contributed by atoms with Gasteiger partial charge in [-0.15, -0.1) is 0 Å². The van der Waals surface area contributed by atoms with Crippen LogP contribution in [-0.2, 0) is 0 Å². The molecular formula is C11H12BrF2NO. The van der Waals surface area contributed by atoms with Crippen LogP contribution in [0.4, 0.5) is 8.78 Å². The molecule has 1 atom stereocenters. The first kappa shape index (κ1) is 11.8. The second kappa shape index (κ2) is 4.67. The number of hydrogen-bond donors (Lipinski definition) is 2. The van der Waals surface area contributed by atoms with Crippen molar-refractivity contribution in [2.45, 2.75) is 25.3 Å². The fourth-order valence-electron chi connectivity index (χ4n) is 1.99. The summed E-state index contributed by atoms with van der Waals surface area (Å²) < 4.78 is 26.5. The van der Waals surface area contributed by atoms with Gasteiger partial charge in [0, 0.05) is 11.6 Å². The van der Waals surface area contributed by atoms with Crippen LogP contribution in [0.25, 0.3) is 0 Å². The van der Waals surface area contributed by atoms with Crippen LogP contribution in [-0.4, -0.2) is 11.7 Å². The molecule has 2 N–H and O–H groups in total. The van der Waals surface area contributed by atoms with Crippen LogP contribution in [0, 0.1) is 11.6 Å². The molecule has 1 heterocycles. The van der Waals surface area contributed by atoms with Gasteiger partial charge in [0.15, 0.2) is 11.6 Å². The van der Waals surface area contributed by atoms with Gasteiger partial charge >= 0.3 is 0 Å². The smallest absolute Gasteiger partial charge is 0.201 e. The van der Waals surface area contributed by atoms with E-state index in [0.717, 1.165) is 25.8 Å². The first-order chi connectivity index (χ1) is 7.61. The lowest BCUT2D eigenvalue weighted by molar-refractivity contribution is 0.366. The van der Waals surface area contributed by atoms with E-state index in [4.69, 9.17) is 0 Å². The molecule has 1 saturated heterocycles. The number of rotatable bonds is 1. The Morgan fingerprint density at radius 3 is 2.69 bits per heavy atom. The molecule has 0 unspecified atom stereocenters. The molecule has 0 bridgehead atoms. The van der Waals surface area contributed by atoms with Crippen molar-refractivity contribution in [1.82, 2.24) is 5.32 Å². The summed E-state index contributed by atoms with van der Waals surface area (Å²) in [5, 5.41) is 12.8. The number of phenols is 1. The molecule has 88 valence electrons. The Kier molecular flexibility index (Phi) is 3.44. The van der Waals surface area contributed by atoms with Gasteiger partial charge in [0.05, 0.1) is 4.47 Å². The van der Waals surface area contributed by atoms with Crippen LogP contribution < -0.4 is 5.32 Å². The lowest BCUT2D eigenvalue weighted by atomic mass is 9.96. The summed E-state index contributed by atoms with van der Waals surface area (Å²) in [6.07, 6.45) is 2.92. The Bertz CT molecular complexity index is 405. The van der Waals surface area contributed by atoms with Crippen molar-refractivity contribution in [3.8, 4) is 5.75 Å². The zero-order valence-electron chi connectivity index (χ0n) is 8.56. The Morgan fingerprint density at radius 1 is 1.31 bits per heavy atom. The van der Waals surface area contributed by atoms with Gasteiger partial charge in [-0.3, -0.25) is 0 Å². The molecule has 0 amide bonds. The van der Waals surface area contributed by atoms with Crippen molar-refractivity contribution >= 4 is 15.9 Å². The first-order valence-corrected chi connectivity index (χ1v) is 6.00. The molecule has 0 aromatic heterocycles. The van der Waals surface area contributed by atoms with E-state index >= 15 is 0 Å². The Hall–Kier alpha value is -0.680.